The van der Waals surface area contributed by atoms with E-state index >= 15 is 0 Å². The highest BCUT2D eigenvalue weighted by Gasteiger charge is 2.45. The molecule has 0 radical (unpaired) electrons. The molecular formula is C18H25N3O4. The summed E-state index contributed by atoms with van der Waals surface area (Å²) < 4.78 is 10.7. The van der Waals surface area contributed by atoms with Gasteiger partial charge in [-0.2, -0.15) is 0 Å². The highest BCUT2D eigenvalue weighted by Crippen LogP contribution is 2.38. The summed E-state index contributed by atoms with van der Waals surface area (Å²) in [6, 6.07) is 5.50. The molecule has 3 rings (SSSR count). The van der Waals surface area contributed by atoms with Crippen molar-refractivity contribution in [3.63, 3.8) is 0 Å². The summed E-state index contributed by atoms with van der Waals surface area (Å²) in [5, 5.41) is 6.34. The first kappa shape index (κ1) is 17.4. The topological polar surface area (TPSA) is 79.9 Å². The van der Waals surface area contributed by atoms with Crippen LogP contribution in [0.15, 0.2) is 18.2 Å². The van der Waals surface area contributed by atoms with Crippen LogP contribution in [0, 0.1) is 0 Å². The summed E-state index contributed by atoms with van der Waals surface area (Å²) in [7, 11) is 1.61. The largest absolute Gasteiger partial charge is 0.497 e. The number of nitrogens with one attached hydrogen (secondary N) is 2. The zero-order chi connectivity index (χ0) is 18.2. The number of piperidine rings is 1. The van der Waals surface area contributed by atoms with Crippen LogP contribution in [-0.2, 0) is 9.53 Å². The summed E-state index contributed by atoms with van der Waals surface area (Å²) in [5.74, 6) is 0.665. The van der Waals surface area contributed by atoms with Gasteiger partial charge < -0.3 is 25.0 Å². The third-order valence-electron chi connectivity index (χ3n) is 4.55. The van der Waals surface area contributed by atoms with Gasteiger partial charge in [0.05, 0.1) is 18.5 Å². The monoisotopic (exact) mass is 347 g/mol. The van der Waals surface area contributed by atoms with Crippen molar-refractivity contribution in [2.75, 3.05) is 30.8 Å². The van der Waals surface area contributed by atoms with Crippen LogP contribution in [0.4, 0.5) is 16.2 Å². The van der Waals surface area contributed by atoms with Crippen molar-refractivity contribution in [3.8, 4) is 5.75 Å². The second kappa shape index (κ2) is 6.13. The number of carbonyl (C=O) groups excluding carboxylic acids is 2. The van der Waals surface area contributed by atoms with E-state index in [2.05, 4.69) is 10.6 Å². The molecule has 0 aromatic heterocycles. The first-order valence-corrected chi connectivity index (χ1v) is 8.48. The van der Waals surface area contributed by atoms with E-state index < -0.39 is 11.1 Å². The molecule has 1 saturated heterocycles. The summed E-state index contributed by atoms with van der Waals surface area (Å²) in [6.45, 7) is 6.47. The highest BCUT2D eigenvalue weighted by atomic mass is 16.6. The molecule has 1 fully saturated rings. The van der Waals surface area contributed by atoms with Gasteiger partial charge in [-0.25, -0.2) is 4.79 Å². The van der Waals surface area contributed by atoms with Crippen LogP contribution < -0.4 is 15.4 Å². The number of rotatable bonds is 1. The number of benzene rings is 1. The number of hydrogen-bond acceptors (Lipinski definition) is 5. The van der Waals surface area contributed by atoms with Crippen molar-refractivity contribution in [2.24, 2.45) is 0 Å². The predicted octanol–water partition coefficient (Wildman–Crippen LogP) is 2.83. The Kier molecular flexibility index (Phi) is 4.26. The van der Waals surface area contributed by atoms with E-state index in [1.54, 1.807) is 12.0 Å². The molecule has 7 nitrogen and oxygen atoms in total. The normalized spacial score (nSPS) is 18.9. The smallest absolute Gasteiger partial charge is 0.410 e. The molecule has 2 N–H and O–H groups in total. The number of hydrogen-bond donors (Lipinski definition) is 2. The fourth-order valence-corrected chi connectivity index (χ4v) is 3.17. The van der Waals surface area contributed by atoms with Gasteiger partial charge >= 0.3 is 6.09 Å². The molecule has 2 aliphatic rings. The van der Waals surface area contributed by atoms with Gasteiger partial charge in [0.1, 0.15) is 16.9 Å². The number of fused-ring (bicyclic) bond motifs is 1. The Morgan fingerprint density at radius 1 is 1.20 bits per heavy atom. The van der Waals surface area contributed by atoms with E-state index in [0.717, 1.165) is 17.1 Å². The lowest BCUT2D eigenvalue weighted by Gasteiger charge is -2.44. The minimum atomic E-state index is -0.710. The van der Waals surface area contributed by atoms with Crippen LogP contribution in [0.2, 0.25) is 0 Å². The number of methoxy groups -OCH3 is 1. The van der Waals surface area contributed by atoms with Gasteiger partial charge in [-0.1, -0.05) is 0 Å². The Labute approximate surface area is 147 Å². The molecule has 2 aliphatic heterocycles. The second-order valence-corrected chi connectivity index (χ2v) is 7.54. The van der Waals surface area contributed by atoms with E-state index in [0.29, 0.717) is 25.9 Å². The van der Waals surface area contributed by atoms with Crippen LogP contribution in [-0.4, -0.2) is 48.2 Å². The third kappa shape index (κ3) is 3.50. The van der Waals surface area contributed by atoms with Gasteiger partial charge in [0.15, 0.2) is 0 Å². The van der Waals surface area contributed by atoms with Crippen molar-refractivity contribution in [2.45, 2.75) is 44.8 Å². The van der Waals surface area contributed by atoms with Crippen LogP contribution in [0.5, 0.6) is 5.75 Å². The standard InChI is InChI=1S/C18H25N3O4/c1-17(2,3)25-16(23)21-9-7-18(8-10-21)15(22)19-13-6-5-12(24-4)11-14(13)20-18/h5-6,11,20H,7-10H2,1-4H3,(H,19,22). The molecule has 0 saturated carbocycles. The lowest BCUT2D eigenvalue weighted by molar-refractivity contribution is -0.122. The number of carbonyl (C=O) groups is 2. The minimum absolute atomic E-state index is 0.0611. The van der Waals surface area contributed by atoms with E-state index in [-0.39, 0.29) is 12.0 Å². The van der Waals surface area contributed by atoms with Crippen molar-refractivity contribution >= 4 is 23.4 Å². The second-order valence-electron chi connectivity index (χ2n) is 7.54. The Balaban J connectivity index is 1.72. The molecule has 25 heavy (non-hydrogen) atoms. The van der Waals surface area contributed by atoms with Crippen molar-refractivity contribution in [3.05, 3.63) is 18.2 Å². The van der Waals surface area contributed by atoms with Gasteiger partial charge in [0, 0.05) is 19.2 Å². The van der Waals surface area contributed by atoms with Crippen LogP contribution >= 0.6 is 0 Å². The summed E-state index contributed by atoms with van der Waals surface area (Å²) in [6.07, 6.45) is 0.712. The summed E-state index contributed by atoms with van der Waals surface area (Å²) in [5.41, 5.74) is 0.343. The van der Waals surface area contributed by atoms with E-state index in [1.807, 2.05) is 39.0 Å². The van der Waals surface area contributed by atoms with Gasteiger partial charge in [0.25, 0.3) is 0 Å². The lowest BCUT2D eigenvalue weighted by Crippen LogP contribution is -2.59. The van der Waals surface area contributed by atoms with Gasteiger partial charge in [-0.3, -0.25) is 4.79 Å². The average Bonchev–Trinajstić information content (AvgIpc) is 2.54. The molecule has 1 spiro atoms. The maximum atomic E-state index is 12.7. The number of likely N-dealkylation sites (tertiary alicyclic amines) is 1. The molecule has 136 valence electrons. The molecular weight excluding hydrogens is 322 g/mol. The number of amides is 2. The van der Waals surface area contributed by atoms with Crippen molar-refractivity contribution in [1.82, 2.24) is 4.90 Å². The molecule has 0 unspecified atom stereocenters. The zero-order valence-corrected chi connectivity index (χ0v) is 15.1. The lowest BCUT2D eigenvalue weighted by atomic mass is 9.84. The minimum Gasteiger partial charge on any atom is -0.497 e. The Morgan fingerprint density at radius 3 is 2.48 bits per heavy atom. The highest BCUT2D eigenvalue weighted by molar-refractivity contribution is 6.06. The Bertz CT molecular complexity index is 688. The molecule has 0 aliphatic carbocycles. The first-order valence-electron chi connectivity index (χ1n) is 8.48. The Morgan fingerprint density at radius 2 is 1.88 bits per heavy atom. The van der Waals surface area contributed by atoms with Crippen molar-refractivity contribution < 1.29 is 19.1 Å². The molecule has 7 heteroatoms. The summed E-state index contributed by atoms with van der Waals surface area (Å²) in [4.78, 5) is 26.5. The molecule has 1 aromatic carbocycles. The van der Waals surface area contributed by atoms with Crippen molar-refractivity contribution in [1.29, 1.82) is 0 Å². The van der Waals surface area contributed by atoms with E-state index in [4.69, 9.17) is 9.47 Å². The molecule has 2 heterocycles. The zero-order valence-electron chi connectivity index (χ0n) is 15.1. The average molecular weight is 347 g/mol. The fraction of sp³-hybridized carbons (Fsp3) is 0.556. The fourth-order valence-electron chi connectivity index (χ4n) is 3.17. The summed E-state index contributed by atoms with van der Waals surface area (Å²) >= 11 is 0. The molecule has 2 amide bonds. The number of anilines is 2. The maximum absolute atomic E-state index is 12.7. The Hall–Kier alpha value is -2.44. The van der Waals surface area contributed by atoms with E-state index in [9.17, 15) is 9.59 Å². The van der Waals surface area contributed by atoms with E-state index in [1.165, 1.54) is 0 Å². The van der Waals surface area contributed by atoms with Gasteiger partial charge in [-0.05, 0) is 45.7 Å². The number of nitrogens with zero attached hydrogens (tertiary/aromatic N) is 1. The molecule has 0 atom stereocenters. The number of ether oxygens (including phenoxy) is 2. The van der Waals surface area contributed by atoms with Gasteiger partial charge in [0.2, 0.25) is 5.91 Å². The first-order chi connectivity index (χ1) is 11.7. The van der Waals surface area contributed by atoms with Crippen LogP contribution in [0.1, 0.15) is 33.6 Å². The quantitative estimate of drug-likeness (QED) is 0.816. The maximum Gasteiger partial charge on any atom is 0.410 e. The SMILES string of the molecule is COc1ccc2c(c1)NC1(CCN(C(=O)OC(C)(C)C)CC1)C(=O)N2. The molecule has 1 aromatic rings. The van der Waals surface area contributed by atoms with Crippen LogP contribution in [0.3, 0.4) is 0 Å². The van der Waals surface area contributed by atoms with Crippen LogP contribution in [0.25, 0.3) is 0 Å². The third-order valence-corrected chi connectivity index (χ3v) is 4.55. The predicted molar refractivity (Wildman–Crippen MR) is 95.0 cm³/mol. The van der Waals surface area contributed by atoms with Gasteiger partial charge in [-0.15, -0.1) is 0 Å². The molecule has 0 bridgehead atoms.